The highest BCUT2D eigenvalue weighted by molar-refractivity contribution is 5.81. The first-order valence-electron chi connectivity index (χ1n) is 6.08. The van der Waals surface area contributed by atoms with E-state index in [0.717, 1.165) is 30.8 Å². The van der Waals surface area contributed by atoms with Crippen molar-refractivity contribution in [3.63, 3.8) is 0 Å². The number of carbonyl (C=O) groups excluding carboxylic acids is 1. The van der Waals surface area contributed by atoms with Crippen LogP contribution in [-0.4, -0.2) is 35.4 Å². The molecule has 1 aliphatic heterocycles. The van der Waals surface area contributed by atoms with E-state index < -0.39 is 0 Å². The molecule has 2 rings (SSSR count). The molecule has 0 radical (unpaired) electrons. The highest BCUT2D eigenvalue weighted by Crippen LogP contribution is 2.09. The van der Waals surface area contributed by atoms with Crippen LogP contribution in [0, 0.1) is 6.92 Å². The van der Waals surface area contributed by atoms with E-state index in [9.17, 15) is 4.79 Å². The lowest BCUT2D eigenvalue weighted by Crippen LogP contribution is -2.41. The van der Waals surface area contributed by atoms with E-state index >= 15 is 0 Å². The first kappa shape index (κ1) is 12.0. The van der Waals surface area contributed by atoms with Crippen LogP contribution >= 0.6 is 0 Å². The molecule has 17 heavy (non-hydrogen) atoms. The molecule has 0 aliphatic carbocycles. The third-order valence-corrected chi connectivity index (χ3v) is 3.08. The number of hydrogen-bond acceptors (Lipinski definition) is 3. The number of nitrogens with zero attached hydrogens (tertiary/aromatic N) is 2. The molecule has 4 nitrogen and oxygen atoms in total. The third-order valence-electron chi connectivity index (χ3n) is 3.08. The van der Waals surface area contributed by atoms with E-state index in [0.29, 0.717) is 6.54 Å². The maximum atomic E-state index is 12.1. The zero-order chi connectivity index (χ0) is 12.3. The Kier molecular flexibility index (Phi) is 3.74. The Labute approximate surface area is 102 Å². The van der Waals surface area contributed by atoms with Crippen LogP contribution in [0.1, 0.15) is 24.2 Å². The number of amides is 1. The van der Waals surface area contributed by atoms with E-state index in [4.69, 9.17) is 0 Å². The molecule has 0 aromatic carbocycles. The van der Waals surface area contributed by atoms with Crippen molar-refractivity contribution < 1.29 is 4.79 Å². The number of hydrogen-bond donors (Lipinski definition) is 1. The van der Waals surface area contributed by atoms with Crippen LogP contribution in [-0.2, 0) is 11.3 Å². The van der Waals surface area contributed by atoms with Crippen molar-refractivity contribution in [3.8, 4) is 0 Å². The molecule has 0 saturated carbocycles. The summed E-state index contributed by atoms with van der Waals surface area (Å²) in [4.78, 5) is 18.2. The Morgan fingerprint density at radius 1 is 1.59 bits per heavy atom. The molecule has 2 heterocycles. The molecule has 1 saturated heterocycles. The van der Waals surface area contributed by atoms with Gasteiger partial charge in [-0.3, -0.25) is 9.78 Å². The second kappa shape index (κ2) is 5.27. The Hall–Kier alpha value is -1.42. The van der Waals surface area contributed by atoms with Gasteiger partial charge < -0.3 is 10.2 Å². The quantitative estimate of drug-likeness (QED) is 0.850. The van der Waals surface area contributed by atoms with Gasteiger partial charge in [0.15, 0.2) is 0 Å². The van der Waals surface area contributed by atoms with Gasteiger partial charge in [0.1, 0.15) is 0 Å². The van der Waals surface area contributed by atoms with Gasteiger partial charge in [-0.2, -0.15) is 0 Å². The summed E-state index contributed by atoms with van der Waals surface area (Å²) in [6.07, 6.45) is 2.04. The predicted molar refractivity (Wildman–Crippen MR) is 66.5 cm³/mol. The second-order valence-corrected chi connectivity index (χ2v) is 4.61. The van der Waals surface area contributed by atoms with Crippen molar-refractivity contribution in [2.45, 2.75) is 32.4 Å². The van der Waals surface area contributed by atoms with Crippen LogP contribution in [0.15, 0.2) is 18.2 Å². The Balaban J connectivity index is 1.96. The highest BCUT2D eigenvalue weighted by atomic mass is 16.2. The molecule has 0 spiro atoms. The molecule has 92 valence electrons. The molecule has 1 amide bonds. The van der Waals surface area contributed by atoms with Gasteiger partial charge in [-0.25, -0.2) is 0 Å². The molecule has 1 fully saturated rings. The van der Waals surface area contributed by atoms with Gasteiger partial charge in [-0.1, -0.05) is 6.07 Å². The first-order chi connectivity index (χ1) is 8.16. The van der Waals surface area contributed by atoms with Crippen molar-refractivity contribution in [1.29, 1.82) is 0 Å². The van der Waals surface area contributed by atoms with E-state index in [-0.39, 0.29) is 11.9 Å². The summed E-state index contributed by atoms with van der Waals surface area (Å²) >= 11 is 0. The number of aromatic nitrogens is 1. The number of pyridine rings is 1. The number of carbonyl (C=O) groups is 1. The molecule has 1 N–H and O–H groups in total. The summed E-state index contributed by atoms with van der Waals surface area (Å²) < 4.78 is 0. The van der Waals surface area contributed by atoms with Crippen molar-refractivity contribution in [3.05, 3.63) is 29.6 Å². The van der Waals surface area contributed by atoms with Crippen LogP contribution in [0.4, 0.5) is 0 Å². The van der Waals surface area contributed by atoms with Gasteiger partial charge in [-0.05, 0) is 38.4 Å². The van der Waals surface area contributed by atoms with Gasteiger partial charge in [-0.15, -0.1) is 0 Å². The van der Waals surface area contributed by atoms with Gasteiger partial charge >= 0.3 is 0 Å². The molecular formula is C13H19N3O. The summed E-state index contributed by atoms with van der Waals surface area (Å²) in [6.45, 7) is 3.50. The minimum Gasteiger partial charge on any atom is -0.339 e. The number of rotatable bonds is 3. The smallest absolute Gasteiger partial charge is 0.239 e. The minimum atomic E-state index is 0.00445. The molecule has 1 atom stereocenters. The van der Waals surface area contributed by atoms with Crippen LogP contribution in [0.25, 0.3) is 0 Å². The van der Waals surface area contributed by atoms with E-state index in [1.807, 2.05) is 32.2 Å². The lowest BCUT2D eigenvalue weighted by molar-refractivity contribution is -0.132. The number of likely N-dealkylation sites (N-methyl/N-ethyl adjacent to an activating group) is 1. The topological polar surface area (TPSA) is 45.2 Å². The fourth-order valence-electron chi connectivity index (χ4n) is 2.17. The maximum Gasteiger partial charge on any atom is 0.239 e. The summed E-state index contributed by atoms with van der Waals surface area (Å²) in [6, 6.07) is 5.90. The predicted octanol–water partition coefficient (Wildman–Crippen LogP) is 1.10. The van der Waals surface area contributed by atoms with Crippen molar-refractivity contribution in [2.24, 2.45) is 0 Å². The summed E-state index contributed by atoms with van der Waals surface area (Å²) in [7, 11) is 1.84. The van der Waals surface area contributed by atoms with Crippen LogP contribution in [0.5, 0.6) is 0 Å². The summed E-state index contributed by atoms with van der Waals surface area (Å²) in [5.74, 6) is 0.172. The second-order valence-electron chi connectivity index (χ2n) is 4.61. The normalized spacial score (nSPS) is 19.3. The third kappa shape index (κ3) is 3.03. The monoisotopic (exact) mass is 233 g/mol. The van der Waals surface area contributed by atoms with Gasteiger partial charge in [0.2, 0.25) is 5.91 Å². The molecule has 1 aromatic rings. The summed E-state index contributed by atoms with van der Waals surface area (Å²) in [5, 5.41) is 3.22. The number of aryl methyl sites for hydroxylation is 1. The standard InChI is InChI=1S/C13H19N3O/c1-10-5-3-6-11(15-10)9-16(2)13(17)12-7-4-8-14-12/h3,5-6,12,14H,4,7-9H2,1-2H3. The highest BCUT2D eigenvalue weighted by Gasteiger charge is 2.24. The lowest BCUT2D eigenvalue weighted by Gasteiger charge is -2.20. The largest absolute Gasteiger partial charge is 0.339 e. The average molecular weight is 233 g/mol. The fraction of sp³-hybridized carbons (Fsp3) is 0.538. The average Bonchev–Trinajstić information content (AvgIpc) is 2.81. The molecule has 0 bridgehead atoms. The van der Waals surface area contributed by atoms with Crippen LogP contribution in [0.2, 0.25) is 0 Å². The zero-order valence-corrected chi connectivity index (χ0v) is 10.4. The first-order valence-corrected chi connectivity index (χ1v) is 6.08. The van der Waals surface area contributed by atoms with Crippen LogP contribution in [0.3, 0.4) is 0 Å². The van der Waals surface area contributed by atoms with Gasteiger partial charge in [0, 0.05) is 12.7 Å². The molecule has 4 heteroatoms. The lowest BCUT2D eigenvalue weighted by atomic mass is 10.2. The van der Waals surface area contributed by atoms with Gasteiger partial charge in [0.05, 0.1) is 18.3 Å². The SMILES string of the molecule is Cc1cccc(CN(C)C(=O)C2CCCN2)n1. The van der Waals surface area contributed by atoms with E-state index in [1.165, 1.54) is 0 Å². The van der Waals surface area contributed by atoms with Crippen molar-refractivity contribution >= 4 is 5.91 Å². The molecule has 1 unspecified atom stereocenters. The number of nitrogens with one attached hydrogen (secondary N) is 1. The minimum absolute atomic E-state index is 0.00445. The Morgan fingerprint density at radius 2 is 2.41 bits per heavy atom. The fourth-order valence-corrected chi connectivity index (χ4v) is 2.17. The molecule has 1 aliphatic rings. The van der Waals surface area contributed by atoms with Crippen LogP contribution < -0.4 is 5.32 Å². The Morgan fingerprint density at radius 3 is 3.06 bits per heavy atom. The van der Waals surface area contributed by atoms with E-state index in [1.54, 1.807) is 4.90 Å². The molecular weight excluding hydrogens is 214 g/mol. The van der Waals surface area contributed by atoms with Crippen molar-refractivity contribution in [1.82, 2.24) is 15.2 Å². The van der Waals surface area contributed by atoms with E-state index in [2.05, 4.69) is 10.3 Å². The van der Waals surface area contributed by atoms with Crippen molar-refractivity contribution in [2.75, 3.05) is 13.6 Å². The molecule has 1 aromatic heterocycles. The van der Waals surface area contributed by atoms with Gasteiger partial charge in [0.25, 0.3) is 0 Å². The summed E-state index contributed by atoms with van der Waals surface area (Å²) in [5.41, 5.74) is 1.93. The maximum absolute atomic E-state index is 12.1. The Bertz CT molecular complexity index is 399. The zero-order valence-electron chi connectivity index (χ0n) is 10.4.